The van der Waals surface area contributed by atoms with Gasteiger partial charge in [-0.2, -0.15) is 0 Å². The van der Waals surface area contributed by atoms with E-state index in [9.17, 15) is 4.79 Å². The van der Waals surface area contributed by atoms with Gasteiger partial charge in [0.1, 0.15) is 11.8 Å². The Labute approximate surface area is 110 Å². The molecule has 2 rings (SSSR count). The van der Waals surface area contributed by atoms with Gasteiger partial charge >= 0.3 is 0 Å². The molecule has 18 heavy (non-hydrogen) atoms. The highest BCUT2D eigenvalue weighted by atomic mass is 16.7. The Hall–Kier alpha value is -0.830. The molecule has 1 N–H and O–H groups in total. The number of carbonyl (C=O) groups excluding carboxylic acids is 1. The quantitative estimate of drug-likeness (QED) is 0.758. The van der Waals surface area contributed by atoms with E-state index in [2.05, 4.69) is 12.4 Å². The van der Waals surface area contributed by atoms with Crippen molar-refractivity contribution in [3.05, 3.63) is 11.3 Å². The maximum atomic E-state index is 12.2. The van der Waals surface area contributed by atoms with Crippen LogP contribution in [0.4, 0.5) is 0 Å². The van der Waals surface area contributed by atoms with Gasteiger partial charge in [-0.05, 0) is 31.3 Å². The summed E-state index contributed by atoms with van der Waals surface area (Å²) in [7, 11) is 0. The summed E-state index contributed by atoms with van der Waals surface area (Å²) in [5, 5.41) is 0. The number of unbranched alkanes of at least 4 members (excludes halogenated alkanes) is 2. The summed E-state index contributed by atoms with van der Waals surface area (Å²) in [5.74, 6) is 0.251. The standard InChI is InChI=1S/C15H25NO2/c1-2-3-6-10-13(17)15-12-9-7-4-5-8-11-14(12)18-16-15/h14,16H,2-11H2,1H3. The molecule has 0 aromatic rings. The molecule has 1 fully saturated rings. The van der Waals surface area contributed by atoms with E-state index >= 15 is 0 Å². The molecule has 1 atom stereocenters. The molecule has 1 aliphatic carbocycles. The monoisotopic (exact) mass is 251 g/mol. The van der Waals surface area contributed by atoms with Gasteiger partial charge in [-0.1, -0.05) is 39.0 Å². The second-order valence-corrected chi connectivity index (χ2v) is 5.44. The average molecular weight is 251 g/mol. The van der Waals surface area contributed by atoms with Crippen LogP contribution in [0.25, 0.3) is 0 Å². The lowest BCUT2D eigenvalue weighted by molar-refractivity contribution is -0.117. The third-order valence-electron chi connectivity index (χ3n) is 3.96. The molecule has 0 aromatic heterocycles. The summed E-state index contributed by atoms with van der Waals surface area (Å²) in [6.07, 6.45) is 11.2. The van der Waals surface area contributed by atoms with E-state index in [1.54, 1.807) is 0 Å². The summed E-state index contributed by atoms with van der Waals surface area (Å²) in [5.41, 5.74) is 4.95. The number of Topliss-reactive ketones (excluding diaryl/α,β-unsaturated/α-hetero) is 1. The zero-order chi connectivity index (χ0) is 12.8. The van der Waals surface area contributed by atoms with Crippen LogP contribution < -0.4 is 5.48 Å². The molecule has 0 aromatic carbocycles. The lowest BCUT2D eigenvalue weighted by Gasteiger charge is -2.16. The number of hydroxylamine groups is 1. The zero-order valence-electron chi connectivity index (χ0n) is 11.5. The Kier molecular flexibility index (Phi) is 5.24. The SMILES string of the molecule is CCCCCC(=O)C1=C2CCCCCCC2ON1. The second-order valence-electron chi connectivity index (χ2n) is 5.44. The van der Waals surface area contributed by atoms with Gasteiger partial charge in [0.25, 0.3) is 0 Å². The van der Waals surface area contributed by atoms with E-state index in [-0.39, 0.29) is 11.9 Å². The van der Waals surface area contributed by atoms with E-state index < -0.39 is 0 Å². The third kappa shape index (κ3) is 3.35. The van der Waals surface area contributed by atoms with Crippen LogP contribution in [0.1, 0.15) is 71.1 Å². The highest BCUT2D eigenvalue weighted by Crippen LogP contribution is 2.30. The van der Waals surface area contributed by atoms with Gasteiger partial charge < -0.3 is 0 Å². The van der Waals surface area contributed by atoms with Gasteiger partial charge in [0.2, 0.25) is 0 Å². The first-order valence-electron chi connectivity index (χ1n) is 7.51. The van der Waals surface area contributed by atoms with Crippen molar-refractivity contribution in [3.63, 3.8) is 0 Å². The van der Waals surface area contributed by atoms with Crippen LogP contribution in [0, 0.1) is 0 Å². The van der Waals surface area contributed by atoms with E-state index in [1.165, 1.54) is 31.3 Å². The highest BCUT2D eigenvalue weighted by Gasteiger charge is 2.30. The zero-order valence-corrected chi connectivity index (χ0v) is 11.5. The first kappa shape index (κ1) is 13.6. The lowest BCUT2D eigenvalue weighted by atomic mass is 9.91. The first-order valence-corrected chi connectivity index (χ1v) is 7.51. The first-order chi connectivity index (χ1) is 8.83. The number of carbonyl (C=O) groups is 1. The fourth-order valence-electron chi connectivity index (χ4n) is 2.84. The van der Waals surface area contributed by atoms with Crippen molar-refractivity contribution >= 4 is 5.78 Å². The van der Waals surface area contributed by atoms with E-state index in [4.69, 9.17) is 4.84 Å². The predicted octanol–water partition coefficient (Wildman–Crippen LogP) is 3.65. The maximum Gasteiger partial charge on any atom is 0.181 e. The lowest BCUT2D eigenvalue weighted by Crippen LogP contribution is -2.16. The van der Waals surface area contributed by atoms with Crippen LogP contribution >= 0.6 is 0 Å². The molecule has 2 aliphatic rings. The number of hydrogen-bond acceptors (Lipinski definition) is 3. The van der Waals surface area contributed by atoms with Gasteiger partial charge in [-0.25, -0.2) is 0 Å². The summed E-state index contributed by atoms with van der Waals surface area (Å²) in [4.78, 5) is 17.8. The molecule has 1 saturated carbocycles. The molecule has 0 radical (unpaired) electrons. The number of nitrogens with one attached hydrogen (secondary N) is 1. The molecule has 3 heteroatoms. The van der Waals surface area contributed by atoms with Crippen molar-refractivity contribution in [2.75, 3.05) is 0 Å². The maximum absolute atomic E-state index is 12.2. The van der Waals surface area contributed by atoms with Crippen molar-refractivity contribution < 1.29 is 9.63 Å². The van der Waals surface area contributed by atoms with Crippen molar-refractivity contribution in [1.29, 1.82) is 0 Å². The van der Waals surface area contributed by atoms with Gasteiger partial charge in [-0.15, -0.1) is 0 Å². The molecule has 0 spiro atoms. The molecule has 1 unspecified atom stereocenters. The Morgan fingerprint density at radius 3 is 2.94 bits per heavy atom. The molecule has 1 aliphatic heterocycles. The Morgan fingerprint density at radius 1 is 1.28 bits per heavy atom. The minimum absolute atomic E-state index is 0.162. The van der Waals surface area contributed by atoms with Crippen LogP contribution in [0.3, 0.4) is 0 Å². The summed E-state index contributed by atoms with van der Waals surface area (Å²) in [6, 6.07) is 0. The topological polar surface area (TPSA) is 38.3 Å². The third-order valence-corrected chi connectivity index (χ3v) is 3.96. The number of fused-ring (bicyclic) bond motifs is 1. The van der Waals surface area contributed by atoms with Crippen LogP contribution in [0.15, 0.2) is 11.3 Å². The van der Waals surface area contributed by atoms with Gasteiger partial charge in [0.15, 0.2) is 5.78 Å². The van der Waals surface area contributed by atoms with Crippen LogP contribution in [-0.2, 0) is 9.63 Å². The average Bonchev–Trinajstić information content (AvgIpc) is 2.71. The summed E-state index contributed by atoms with van der Waals surface area (Å²) in [6.45, 7) is 2.16. The van der Waals surface area contributed by atoms with Gasteiger partial charge in [0, 0.05) is 6.42 Å². The fourth-order valence-corrected chi connectivity index (χ4v) is 2.84. The fraction of sp³-hybridized carbons (Fsp3) is 0.800. The largest absolute Gasteiger partial charge is 0.292 e. The molecule has 1 heterocycles. The number of rotatable bonds is 5. The van der Waals surface area contributed by atoms with Crippen molar-refractivity contribution in [3.8, 4) is 0 Å². The van der Waals surface area contributed by atoms with Crippen molar-refractivity contribution in [2.24, 2.45) is 0 Å². The molecular formula is C15H25NO2. The Bertz CT molecular complexity index is 322. The second kappa shape index (κ2) is 6.93. The van der Waals surface area contributed by atoms with Crippen LogP contribution in [-0.4, -0.2) is 11.9 Å². The Balaban J connectivity index is 1.98. The molecule has 0 bridgehead atoms. The predicted molar refractivity (Wildman–Crippen MR) is 71.9 cm³/mol. The molecule has 3 nitrogen and oxygen atoms in total. The normalized spacial score (nSPS) is 24.2. The van der Waals surface area contributed by atoms with E-state index in [0.29, 0.717) is 6.42 Å². The minimum Gasteiger partial charge on any atom is -0.292 e. The van der Waals surface area contributed by atoms with Gasteiger partial charge in [0.05, 0.1) is 0 Å². The minimum atomic E-state index is 0.162. The summed E-state index contributed by atoms with van der Waals surface area (Å²) >= 11 is 0. The van der Waals surface area contributed by atoms with Crippen molar-refractivity contribution in [2.45, 2.75) is 77.2 Å². The highest BCUT2D eigenvalue weighted by molar-refractivity contribution is 5.95. The number of hydrogen-bond donors (Lipinski definition) is 1. The Morgan fingerprint density at radius 2 is 2.11 bits per heavy atom. The van der Waals surface area contributed by atoms with E-state index in [0.717, 1.165) is 37.8 Å². The smallest absolute Gasteiger partial charge is 0.181 e. The summed E-state index contributed by atoms with van der Waals surface area (Å²) < 4.78 is 0. The molecule has 0 amide bonds. The van der Waals surface area contributed by atoms with E-state index in [1.807, 2.05) is 0 Å². The molecule has 0 saturated heterocycles. The van der Waals surface area contributed by atoms with Gasteiger partial charge in [-0.3, -0.25) is 15.1 Å². The van der Waals surface area contributed by atoms with Crippen LogP contribution in [0.2, 0.25) is 0 Å². The molecular weight excluding hydrogens is 226 g/mol. The number of ketones is 1. The van der Waals surface area contributed by atoms with Crippen molar-refractivity contribution in [1.82, 2.24) is 5.48 Å². The van der Waals surface area contributed by atoms with Crippen LogP contribution in [0.5, 0.6) is 0 Å². The molecule has 102 valence electrons. The number of allylic oxidation sites excluding steroid dienone is 1.